The zero-order valence-electron chi connectivity index (χ0n) is 21.1. The summed E-state index contributed by atoms with van der Waals surface area (Å²) in [6, 6.07) is 16.1. The summed E-state index contributed by atoms with van der Waals surface area (Å²) in [6.07, 6.45) is 9.13. The quantitative estimate of drug-likeness (QED) is 0.589. The van der Waals surface area contributed by atoms with Crippen molar-refractivity contribution in [1.29, 1.82) is 0 Å². The number of para-hydroxylation sites is 2. The van der Waals surface area contributed by atoms with Crippen molar-refractivity contribution in [2.45, 2.75) is 69.2 Å². The van der Waals surface area contributed by atoms with Crippen LogP contribution in [0, 0.1) is 11.8 Å². The third-order valence-electron chi connectivity index (χ3n) is 8.45. The predicted octanol–water partition coefficient (Wildman–Crippen LogP) is 3.99. The lowest BCUT2D eigenvalue weighted by atomic mass is 9.74. The van der Waals surface area contributed by atoms with Crippen LogP contribution in [0.5, 0.6) is 0 Å². The van der Waals surface area contributed by atoms with Gasteiger partial charge >= 0.3 is 0 Å². The minimum atomic E-state index is -1.18. The molecule has 2 aromatic carbocycles. The lowest BCUT2D eigenvalue weighted by Gasteiger charge is -2.34. The maximum Gasteiger partial charge on any atom is 0.246 e. The molecule has 1 aliphatic carbocycles. The molecule has 3 amide bonds. The van der Waals surface area contributed by atoms with Gasteiger partial charge in [-0.1, -0.05) is 74.7 Å². The molecule has 1 saturated carbocycles. The highest BCUT2D eigenvalue weighted by atomic mass is 16.5. The molecule has 7 nitrogen and oxygen atoms in total. The normalized spacial score (nSPS) is 30.4. The molecule has 0 radical (unpaired) electrons. The van der Waals surface area contributed by atoms with Gasteiger partial charge in [-0.25, -0.2) is 0 Å². The Morgan fingerprint density at radius 2 is 1.73 bits per heavy atom. The summed E-state index contributed by atoms with van der Waals surface area (Å²) in [5.74, 6) is -2.20. The van der Waals surface area contributed by atoms with Crippen molar-refractivity contribution in [3.05, 3.63) is 72.3 Å². The molecule has 2 aromatic rings. The average Bonchev–Trinajstić information content (AvgIpc) is 3.57. The number of ether oxygens (including phenoxy) is 1. The number of nitrogens with one attached hydrogen (secondary N) is 2. The van der Waals surface area contributed by atoms with Crippen LogP contribution in [0.25, 0.3) is 0 Å². The molecule has 4 aliphatic rings. The van der Waals surface area contributed by atoms with Crippen LogP contribution in [0.4, 0.5) is 11.4 Å². The highest BCUT2D eigenvalue weighted by Gasteiger charge is 2.73. The summed E-state index contributed by atoms with van der Waals surface area (Å²) in [4.78, 5) is 43.5. The van der Waals surface area contributed by atoms with Gasteiger partial charge in [0.15, 0.2) is 0 Å². The van der Waals surface area contributed by atoms with Crippen molar-refractivity contribution in [2.24, 2.45) is 11.8 Å². The number of hydrogen-bond donors (Lipinski definition) is 2. The van der Waals surface area contributed by atoms with Crippen LogP contribution in [-0.2, 0) is 25.5 Å². The van der Waals surface area contributed by atoms with Gasteiger partial charge in [-0.3, -0.25) is 19.3 Å². The number of anilines is 2. The average molecular weight is 500 g/mol. The van der Waals surface area contributed by atoms with Gasteiger partial charge in [0.2, 0.25) is 17.7 Å². The van der Waals surface area contributed by atoms with E-state index >= 15 is 0 Å². The summed E-state index contributed by atoms with van der Waals surface area (Å²) in [6.45, 7) is 2.04. The molecule has 192 valence electrons. The summed E-state index contributed by atoms with van der Waals surface area (Å²) in [7, 11) is 0. The first kappa shape index (κ1) is 23.9. The fourth-order valence-electron chi connectivity index (χ4n) is 6.75. The SMILES string of the molecule is CCc1ccccc1N1C(=O)[C@@H]2[C@H](C(=O)Nc3ccccc3)[C@H]3C=C[C@@]2(O3)[C@H]1C(=O)NC1CCCCC1. The molecular weight excluding hydrogens is 466 g/mol. The molecule has 3 fully saturated rings. The second-order valence-corrected chi connectivity index (χ2v) is 10.6. The maximum absolute atomic E-state index is 14.3. The molecular formula is C30H33N3O4. The van der Waals surface area contributed by atoms with Gasteiger partial charge in [-0.2, -0.15) is 0 Å². The number of amides is 3. The Morgan fingerprint density at radius 3 is 2.49 bits per heavy atom. The van der Waals surface area contributed by atoms with Gasteiger partial charge in [0, 0.05) is 17.4 Å². The van der Waals surface area contributed by atoms with E-state index in [2.05, 4.69) is 10.6 Å². The van der Waals surface area contributed by atoms with Gasteiger partial charge in [0.1, 0.15) is 11.6 Å². The molecule has 3 aliphatic heterocycles. The van der Waals surface area contributed by atoms with Crippen LogP contribution < -0.4 is 15.5 Å². The van der Waals surface area contributed by atoms with E-state index in [0.717, 1.165) is 31.2 Å². The Morgan fingerprint density at radius 1 is 1.00 bits per heavy atom. The van der Waals surface area contributed by atoms with Crippen molar-refractivity contribution < 1.29 is 19.1 Å². The van der Waals surface area contributed by atoms with Gasteiger partial charge in [0.25, 0.3) is 0 Å². The first-order valence-corrected chi connectivity index (χ1v) is 13.5. The van der Waals surface area contributed by atoms with E-state index in [1.54, 1.807) is 4.90 Å². The fraction of sp³-hybridized carbons (Fsp3) is 0.433. The highest BCUT2D eigenvalue weighted by Crippen LogP contribution is 2.56. The van der Waals surface area contributed by atoms with Crippen molar-refractivity contribution in [1.82, 2.24) is 5.32 Å². The van der Waals surface area contributed by atoms with Crippen LogP contribution in [0.3, 0.4) is 0 Å². The third-order valence-corrected chi connectivity index (χ3v) is 8.45. The van der Waals surface area contributed by atoms with Crippen molar-refractivity contribution in [3.63, 3.8) is 0 Å². The number of nitrogens with zero attached hydrogens (tertiary/aromatic N) is 1. The standard InChI is InChI=1S/C30H33N3O4/c1-2-19-11-9-10-16-22(19)33-26(28(35)32-21-14-7-4-8-15-21)30-18-17-23(37-30)24(25(30)29(33)36)27(34)31-20-12-5-3-6-13-20/h3,5-6,9-13,16-18,21,23-26H,2,4,7-8,14-15H2,1H3,(H,31,34)(H,32,35)/t23-,24-,25+,26-,30+/m1/s1. The summed E-state index contributed by atoms with van der Waals surface area (Å²) < 4.78 is 6.48. The summed E-state index contributed by atoms with van der Waals surface area (Å²) in [5, 5.41) is 6.21. The minimum absolute atomic E-state index is 0.0924. The molecule has 2 bridgehead atoms. The molecule has 2 saturated heterocycles. The lowest BCUT2D eigenvalue weighted by Crippen LogP contribution is -2.56. The Bertz CT molecular complexity index is 1240. The van der Waals surface area contributed by atoms with Crippen LogP contribution in [0.1, 0.15) is 44.6 Å². The topological polar surface area (TPSA) is 87.7 Å². The molecule has 6 rings (SSSR count). The summed E-state index contributed by atoms with van der Waals surface area (Å²) >= 11 is 0. The second-order valence-electron chi connectivity index (χ2n) is 10.6. The van der Waals surface area contributed by atoms with Crippen LogP contribution >= 0.6 is 0 Å². The van der Waals surface area contributed by atoms with E-state index in [1.807, 2.05) is 73.7 Å². The van der Waals surface area contributed by atoms with Gasteiger partial charge < -0.3 is 15.4 Å². The van der Waals surface area contributed by atoms with Gasteiger partial charge in [-0.05, 0) is 43.0 Å². The smallest absolute Gasteiger partial charge is 0.246 e. The minimum Gasteiger partial charge on any atom is -0.359 e. The van der Waals surface area contributed by atoms with E-state index in [-0.39, 0.29) is 23.8 Å². The maximum atomic E-state index is 14.3. The number of aryl methyl sites for hydroxylation is 1. The molecule has 3 heterocycles. The van der Waals surface area contributed by atoms with E-state index in [4.69, 9.17) is 4.74 Å². The van der Waals surface area contributed by atoms with Crippen molar-refractivity contribution in [2.75, 3.05) is 10.2 Å². The molecule has 0 aromatic heterocycles. The molecule has 1 spiro atoms. The molecule has 0 unspecified atom stereocenters. The number of rotatable bonds is 6. The highest BCUT2D eigenvalue weighted by molar-refractivity contribution is 6.11. The summed E-state index contributed by atoms with van der Waals surface area (Å²) in [5.41, 5.74) is 1.18. The van der Waals surface area contributed by atoms with E-state index < -0.39 is 29.6 Å². The second kappa shape index (κ2) is 9.45. The number of carbonyl (C=O) groups excluding carboxylic acids is 3. The first-order chi connectivity index (χ1) is 18.0. The molecule has 37 heavy (non-hydrogen) atoms. The van der Waals surface area contributed by atoms with Gasteiger partial charge in [-0.15, -0.1) is 0 Å². The number of hydrogen-bond acceptors (Lipinski definition) is 4. The number of fused-ring (bicyclic) bond motifs is 1. The van der Waals surface area contributed by atoms with Crippen LogP contribution in [-0.4, -0.2) is 41.5 Å². The monoisotopic (exact) mass is 499 g/mol. The fourth-order valence-corrected chi connectivity index (χ4v) is 6.75. The van der Waals surface area contributed by atoms with Crippen molar-refractivity contribution >= 4 is 29.1 Å². The third kappa shape index (κ3) is 3.87. The van der Waals surface area contributed by atoms with Crippen LogP contribution in [0.2, 0.25) is 0 Å². The number of benzene rings is 2. The molecule has 7 heteroatoms. The van der Waals surface area contributed by atoms with E-state index in [0.29, 0.717) is 17.8 Å². The lowest BCUT2D eigenvalue weighted by molar-refractivity contribution is -0.129. The Labute approximate surface area is 217 Å². The van der Waals surface area contributed by atoms with E-state index in [9.17, 15) is 14.4 Å². The Hall–Kier alpha value is -3.45. The first-order valence-electron chi connectivity index (χ1n) is 13.5. The Balaban J connectivity index is 1.39. The zero-order valence-corrected chi connectivity index (χ0v) is 21.1. The molecule has 2 N–H and O–H groups in total. The van der Waals surface area contributed by atoms with Crippen molar-refractivity contribution in [3.8, 4) is 0 Å². The zero-order chi connectivity index (χ0) is 25.6. The number of carbonyl (C=O) groups is 3. The predicted molar refractivity (Wildman–Crippen MR) is 141 cm³/mol. The van der Waals surface area contributed by atoms with Gasteiger partial charge in [0.05, 0.1) is 17.9 Å². The Kier molecular flexibility index (Phi) is 6.11. The van der Waals surface area contributed by atoms with Crippen LogP contribution in [0.15, 0.2) is 66.7 Å². The molecule has 5 atom stereocenters. The largest absolute Gasteiger partial charge is 0.359 e. The van der Waals surface area contributed by atoms with E-state index in [1.165, 1.54) is 6.42 Å².